The van der Waals surface area contributed by atoms with E-state index in [1.54, 1.807) is 0 Å². The van der Waals surface area contributed by atoms with Crippen molar-refractivity contribution in [2.45, 2.75) is 19.9 Å². The molecule has 21 heavy (non-hydrogen) atoms. The highest BCUT2D eigenvalue weighted by atomic mass is 15.3. The van der Waals surface area contributed by atoms with Crippen LogP contribution in [0.4, 0.5) is 0 Å². The number of nitrogens with zero attached hydrogens (tertiary/aromatic N) is 2. The average Bonchev–Trinajstić information content (AvgIpc) is 2.84. The molecular formula is C18H21N3. The van der Waals surface area contributed by atoms with Crippen LogP contribution in [0, 0.1) is 6.92 Å². The molecule has 0 fully saturated rings. The van der Waals surface area contributed by atoms with E-state index in [0.717, 1.165) is 6.54 Å². The molecule has 1 atom stereocenters. The van der Waals surface area contributed by atoms with E-state index >= 15 is 0 Å². The molecule has 0 saturated heterocycles. The number of aromatic nitrogens is 2. The van der Waals surface area contributed by atoms with Gasteiger partial charge >= 0.3 is 0 Å². The molecule has 0 saturated carbocycles. The molecule has 1 unspecified atom stereocenters. The van der Waals surface area contributed by atoms with E-state index in [1.807, 2.05) is 17.9 Å². The molecule has 0 aliphatic carbocycles. The Labute approximate surface area is 125 Å². The van der Waals surface area contributed by atoms with Crippen LogP contribution >= 0.6 is 0 Å². The van der Waals surface area contributed by atoms with Crippen LogP contribution < -0.4 is 5.32 Å². The summed E-state index contributed by atoms with van der Waals surface area (Å²) >= 11 is 0. The second-order valence-electron chi connectivity index (χ2n) is 5.41. The van der Waals surface area contributed by atoms with Crippen molar-refractivity contribution >= 4 is 10.8 Å². The van der Waals surface area contributed by atoms with Crippen LogP contribution in [0.5, 0.6) is 0 Å². The van der Waals surface area contributed by atoms with Crippen molar-refractivity contribution < 1.29 is 0 Å². The van der Waals surface area contributed by atoms with Crippen molar-refractivity contribution in [3.63, 3.8) is 0 Å². The highest BCUT2D eigenvalue weighted by Gasteiger charge is 2.18. The molecule has 0 radical (unpaired) electrons. The molecule has 0 aliphatic rings. The lowest BCUT2D eigenvalue weighted by atomic mass is 9.96. The molecule has 1 N–H and O–H groups in total. The van der Waals surface area contributed by atoms with Gasteiger partial charge in [-0.2, -0.15) is 5.10 Å². The van der Waals surface area contributed by atoms with Gasteiger partial charge in [-0.25, -0.2) is 0 Å². The average molecular weight is 279 g/mol. The predicted molar refractivity (Wildman–Crippen MR) is 87.4 cm³/mol. The second kappa shape index (κ2) is 5.70. The van der Waals surface area contributed by atoms with Gasteiger partial charge in [-0.1, -0.05) is 43.3 Å². The van der Waals surface area contributed by atoms with Gasteiger partial charge in [0.2, 0.25) is 0 Å². The molecule has 0 bridgehead atoms. The van der Waals surface area contributed by atoms with Gasteiger partial charge in [-0.05, 0) is 35.9 Å². The predicted octanol–water partition coefficient (Wildman–Crippen LogP) is 3.58. The monoisotopic (exact) mass is 279 g/mol. The number of aryl methyl sites for hydroxylation is 1. The van der Waals surface area contributed by atoms with Crippen molar-refractivity contribution in [3.05, 3.63) is 65.5 Å². The van der Waals surface area contributed by atoms with Gasteiger partial charge in [-0.3, -0.25) is 4.68 Å². The van der Waals surface area contributed by atoms with Gasteiger partial charge in [0.15, 0.2) is 0 Å². The van der Waals surface area contributed by atoms with Gasteiger partial charge in [0.05, 0.1) is 12.2 Å². The molecule has 3 heteroatoms. The Kier molecular flexibility index (Phi) is 3.76. The summed E-state index contributed by atoms with van der Waals surface area (Å²) in [5, 5.41) is 10.5. The Bertz CT molecular complexity index is 758. The molecule has 108 valence electrons. The van der Waals surface area contributed by atoms with Gasteiger partial charge in [0.1, 0.15) is 0 Å². The van der Waals surface area contributed by atoms with E-state index < -0.39 is 0 Å². The van der Waals surface area contributed by atoms with Crippen LogP contribution in [0.2, 0.25) is 0 Å². The molecule has 2 aromatic carbocycles. The Balaban J connectivity index is 2.08. The smallest absolute Gasteiger partial charge is 0.0610 e. The molecule has 0 aliphatic heterocycles. The summed E-state index contributed by atoms with van der Waals surface area (Å²) in [5.41, 5.74) is 3.73. The molecule has 3 nitrogen and oxygen atoms in total. The van der Waals surface area contributed by atoms with Crippen LogP contribution in [0.1, 0.15) is 29.8 Å². The van der Waals surface area contributed by atoms with Crippen LogP contribution in [-0.4, -0.2) is 16.3 Å². The lowest BCUT2D eigenvalue weighted by Gasteiger charge is -2.19. The summed E-state index contributed by atoms with van der Waals surface area (Å²) in [6, 6.07) is 15.3. The minimum Gasteiger partial charge on any atom is -0.306 e. The first-order valence-electron chi connectivity index (χ1n) is 7.41. The third-order valence-corrected chi connectivity index (χ3v) is 4.10. The molecular weight excluding hydrogens is 258 g/mol. The molecule has 3 rings (SSSR count). The molecule has 0 amide bonds. The zero-order valence-corrected chi connectivity index (χ0v) is 12.8. The highest BCUT2D eigenvalue weighted by molar-refractivity contribution is 5.83. The number of nitrogens with one attached hydrogen (secondary N) is 1. The summed E-state index contributed by atoms with van der Waals surface area (Å²) in [5.74, 6) is 0. The molecule has 3 aromatic rings. The number of benzene rings is 2. The third-order valence-electron chi connectivity index (χ3n) is 4.10. The Morgan fingerprint density at radius 1 is 1.14 bits per heavy atom. The highest BCUT2D eigenvalue weighted by Crippen LogP contribution is 2.27. The first-order valence-corrected chi connectivity index (χ1v) is 7.41. The van der Waals surface area contributed by atoms with Gasteiger partial charge in [-0.15, -0.1) is 0 Å². The van der Waals surface area contributed by atoms with Crippen molar-refractivity contribution in [2.24, 2.45) is 7.05 Å². The largest absolute Gasteiger partial charge is 0.306 e. The maximum Gasteiger partial charge on any atom is 0.0610 e. The van der Waals surface area contributed by atoms with Crippen molar-refractivity contribution in [1.82, 2.24) is 15.1 Å². The minimum atomic E-state index is 0.188. The van der Waals surface area contributed by atoms with E-state index in [2.05, 4.69) is 66.7 Å². The number of fused-ring (bicyclic) bond motifs is 1. The first-order chi connectivity index (χ1) is 10.2. The van der Waals surface area contributed by atoms with Gasteiger partial charge in [0.25, 0.3) is 0 Å². The lowest BCUT2D eigenvalue weighted by molar-refractivity contribution is 0.625. The number of rotatable bonds is 4. The summed E-state index contributed by atoms with van der Waals surface area (Å²) in [4.78, 5) is 0. The quantitative estimate of drug-likeness (QED) is 0.791. The van der Waals surface area contributed by atoms with Gasteiger partial charge < -0.3 is 5.32 Å². The molecule has 0 spiro atoms. The lowest BCUT2D eigenvalue weighted by Crippen LogP contribution is -2.22. The van der Waals surface area contributed by atoms with E-state index in [-0.39, 0.29) is 6.04 Å². The maximum atomic E-state index is 4.38. The van der Waals surface area contributed by atoms with Crippen LogP contribution in [0.25, 0.3) is 10.8 Å². The fourth-order valence-corrected chi connectivity index (χ4v) is 2.80. The summed E-state index contributed by atoms with van der Waals surface area (Å²) in [6.45, 7) is 5.18. The Morgan fingerprint density at radius 3 is 2.57 bits per heavy atom. The van der Waals surface area contributed by atoms with Crippen molar-refractivity contribution in [1.29, 1.82) is 0 Å². The SMILES string of the molecule is CCNC(c1ccc2ccccc2c1)c1cnn(C)c1C. The van der Waals surface area contributed by atoms with Crippen molar-refractivity contribution in [3.8, 4) is 0 Å². The summed E-state index contributed by atoms with van der Waals surface area (Å²) in [7, 11) is 1.99. The minimum absolute atomic E-state index is 0.188. The molecule has 1 aromatic heterocycles. The standard InChI is InChI=1S/C18H21N3/c1-4-19-18(17-12-20-21(3)13(17)2)16-10-9-14-7-5-6-8-15(14)11-16/h5-12,18-19H,4H2,1-3H3. The van der Waals surface area contributed by atoms with E-state index in [4.69, 9.17) is 0 Å². The van der Waals surface area contributed by atoms with E-state index in [9.17, 15) is 0 Å². The summed E-state index contributed by atoms with van der Waals surface area (Å²) < 4.78 is 1.93. The first kappa shape index (κ1) is 13.8. The fourth-order valence-electron chi connectivity index (χ4n) is 2.80. The fraction of sp³-hybridized carbons (Fsp3) is 0.278. The Morgan fingerprint density at radius 2 is 1.90 bits per heavy atom. The number of hydrogen-bond donors (Lipinski definition) is 1. The maximum absolute atomic E-state index is 4.38. The summed E-state index contributed by atoms with van der Waals surface area (Å²) in [6.07, 6.45) is 1.97. The van der Waals surface area contributed by atoms with Crippen molar-refractivity contribution in [2.75, 3.05) is 6.54 Å². The van der Waals surface area contributed by atoms with Crippen LogP contribution in [0.3, 0.4) is 0 Å². The molecule has 1 heterocycles. The number of hydrogen-bond acceptors (Lipinski definition) is 2. The zero-order valence-electron chi connectivity index (χ0n) is 12.8. The normalized spacial score (nSPS) is 12.7. The van der Waals surface area contributed by atoms with Crippen LogP contribution in [-0.2, 0) is 7.05 Å². The second-order valence-corrected chi connectivity index (χ2v) is 5.41. The van der Waals surface area contributed by atoms with E-state index in [1.165, 1.54) is 27.6 Å². The third kappa shape index (κ3) is 2.57. The topological polar surface area (TPSA) is 29.9 Å². The Hall–Kier alpha value is -2.13. The van der Waals surface area contributed by atoms with Crippen LogP contribution in [0.15, 0.2) is 48.7 Å². The zero-order chi connectivity index (χ0) is 14.8. The van der Waals surface area contributed by atoms with Gasteiger partial charge in [0, 0.05) is 18.3 Å². The van der Waals surface area contributed by atoms with E-state index in [0.29, 0.717) is 0 Å².